The smallest absolute Gasteiger partial charge is 0.165 e. The van der Waals surface area contributed by atoms with E-state index in [0.29, 0.717) is 25.3 Å². The third kappa shape index (κ3) is 4.41. The number of nitrogens with two attached hydrogens (primary N) is 1. The van der Waals surface area contributed by atoms with E-state index in [1.165, 1.54) is 6.07 Å². The van der Waals surface area contributed by atoms with Crippen LogP contribution in [-0.2, 0) is 6.42 Å². The monoisotopic (exact) mass is 243 g/mol. The molecule has 0 amide bonds. The van der Waals surface area contributed by atoms with Gasteiger partial charge in [0.05, 0.1) is 6.61 Å². The Hall–Kier alpha value is -0.740. The molecule has 2 nitrogen and oxygen atoms in total. The third-order valence-electron chi connectivity index (χ3n) is 2.18. The summed E-state index contributed by atoms with van der Waals surface area (Å²) in [7, 11) is 0. The molecule has 0 bridgehead atoms. The van der Waals surface area contributed by atoms with Gasteiger partial charge in [-0.2, -0.15) is 11.8 Å². The molecule has 4 heteroatoms. The van der Waals surface area contributed by atoms with Crippen molar-refractivity contribution in [1.29, 1.82) is 0 Å². The van der Waals surface area contributed by atoms with Gasteiger partial charge in [-0.05, 0) is 49.1 Å². The molecule has 0 unspecified atom stereocenters. The molecule has 0 fully saturated rings. The molecular weight excluding hydrogens is 225 g/mol. The lowest BCUT2D eigenvalue weighted by Gasteiger charge is -2.08. The van der Waals surface area contributed by atoms with E-state index in [9.17, 15) is 4.39 Å². The van der Waals surface area contributed by atoms with Crippen LogP contribution in [0.1, 0.15) is 12.0 Å². The highest BCUT2D eigenvalue weighted by atomic mass is 32.2. The van der Waals surface area contributed by atoms with Crippen LogP contribution < -0.4 is 10.5 Å². The molecule has 0 aliphatic rings. The van der Waals surface area contributed by atoms with Crippen LogP contribution >= 0.6 is 11.8 Å². The summed E-state index contributed by atoms with van der Waals surface area (Å²) in [5.74, 6) is 1.07. The van der Waals surface area contributed by atoms with Crippen molar-refractivity contribution in [1.82, 2.24) is 0 Å². The molecule has 0 atom stereocenters. The van der Waals surface area contributed by atoms with Gasteiger partial charge < -0.3 is 10.5 Å². The Balaban J connectivity index is 2.47. The molecule has 0 saturated carbocycles. The van der Waals surface area contributed by atoms with Crippen molar-refractivity contribution >= 4 is 11.8 Å². The first kappa shape index (κ1) is 13.3. The number of rotatable bonds is 7. The predicted octanol–water partition coefficient (Wildman–Crippen LogP) is 2.46. The van der Waals surface area contributed by atoms with Gasteiger partial charge in [0, 0.05) is 0 Å². The van der Waals surface area contributed by atoms with E-state index in [2.05, 4.69) is 0 Å². The second-order valence-corrected chi connectivity index (χ2v) is 4.48. The molecule has 0 spiro atoms. The van der Waals surface area contributed by atoms with Crippen LogP contribution in [0.5, 0.6) is 5.75 Å². The highest BCUT2D eigenvalue weighted by molar-refractivity contribution is 7.98. The fourth-order valence-corrected chi connectivity index (χ4v) is 1.78. The minimum absolute atomic E-state index is 0.296. The molecule has 1 aromatic rings. The summed E-state index contributed by atoms with van der Waals surface area (Å²) in [6, 6.07) is 5.04. The zero-order valence-corrected chi connectivity index (χ0v) is 10.4. The first-order valence-corrected chi connectivity index (χ1v) is 6.77. The molecule has 0 radical (unpaired) electrons. The molecule has 0 aromatic heterocycles. The van der Waals surface area contributed by atoms with Gasteiger partial charge in [-0.25, -0.2) is 4.39 Å². The van der Waals surface area contributed by atoms with E-state index in [1.807, 2.05) is 12.3 Å². The largest absolute Gasteiger partial charge is 0.490 e. The van der Waals surface area contributed by atoms with Gasteiger partial charge >= 0.3 is 0 Å². The van der Waals surface area contributed by atoms with Crippen LogP contribution in [0.25, 0.3) is 0 Å². The maximum atomic E-state index is 13.5. The van der Waals surface area contributed by atoms with Gasteiger partial charge in [-0.3, -0.25) is 0 Å². The van der Waals surface area contributed by atoms with Gasteiger partial charge in [-0.1, -0.05) is 6.07 Å². The van der Waals surface area contributed by atoms with Gasteiger partial charge in [0.25, 0.3) is 0 Å². The van der Waals surface area contributed by atoms with Crippen molar-refractivity contribution in [3.8, 4) is 5.75 Å². The predicted molar refractivity (Wildman–Crippen MR) is 67.7 cm³/mol. The van der Waals surface area contributed by atoms with E-state index in [-0.39, 0.29) is 5.82 Å². The standard InChI is InChI=1S/C12H18FNOS/c1-16-8-2-7-15-12-4-3-10(5-6-14)9-11(12)13/h3-4,9H,2,5-8,14H2,1H3. The number of benzene rings is 1. The SMILES string of the molecule is CSCCCOc1ccc(CCN)cc1F. The van der Waals surface area contributed by atoms with Crippen LogP contribution in [0, 0.1) is 5.82 Å². The molecule has 0 aliphatic heterocycles. The highest BCUT2D eigenvalue weighted by Crippen LogP contribution is 2.18. The van der Waals surface area contributed by atoms with Gasteiger partial charge in [-0.15, -0.1) is 0 Å². The molecule has 0 saturated heterocycles. The average Bonchev–Trinajstić information content (AvgIpc) is 2.27. The van der Waals surface area contributed by atoms with E-state index in [0.717, 1.165) is 17.7 Å². The summed E-state index contributed by atoms with van der Waals surface area (Å²) < 4.78 is 18.9. The summed E-state index contributed by atoms with van der Waals surface area (Å²) in [5, 5.41) is 0. The van der Waals surface area contributed by atoms with Crippen LogP contribution in [0.2, 0.25) is 0 Å². The van der Waals surface area contributed by atoms with Gasteiger partial charge in [0.2, 0.25) is 0 Å². The number of thioether (sulfide) groups is 1. The van der Waals surface area contributed by atoms with Crippen molar-refractivity contribution in [2.75, 3.05) is 25.2 Å². The summed E-state index contributed by atoms with van der Waals surface area (Å²) >= 11 is 1.76. The lowest BCUT2D eigenvalue weighted by atomic mass is 10.1. The van der Waals surface area contributed by atoms with Gasteiger partial charge in [0.15, 0.2) is 11.6 Å². The van der Waals surface area contributed by atoms with Crippen LogP contribution in [-0.4, -0.2) is 25.2 Å². The molecule has 1 rings (SSSR count). The van der Waals surface area contributed by atoms with Crippen molar-refractivity contribution < 1.29 is 9.13 Å². The summed E-state index contributed by atoms with van der Waals surface area (Å²) in [6.45, 7) is 1.10. The second-order valence-electron chi connectivity index (χ2n) is 3.50. The summed E-state index contributed by atoms with van der Waals surface area (Å²) in [4.78, 5) is 0. The molecule has 90 valence electrons. The quantitative estimate of drug-likeness (QED) is 0.747. The Bertz CT molecular complexity index is 320. The second kappa shape index (κ2) is 7.52. The van der Waals surface area contributed by atoms with Crippen LogP contribution in [0.3, 0.4) is 0 Å². The lowest BCUT2D eigenvalue weighted by molar-refractivity contribution is 0.302. The first-order valence-electron chi connectivity index (χ1n) is 5.38. The number of hydrogen-bond donors (Lipinski definition) is 1. The fraction of sp³-hybridized carbons (Fsp3) is 0.500. The molecular formula is C12H18FNOS. The molecule has 2 N–H and O–H groups in total. The topological polar surface area (TPSA) is 35.2 Å². The Morgan fingerprint density at radius 2 is 2.25 bits per heavy atom. The van der Waals surface area contributed by atoms with E-state index < -0.39 is 0 Å². The number of ether oxygens (including phenoxy) is 1. The first-order chi connectivity index (χ1) is 7.77. The van der Waals surface area contributed by atoms with E-state index in [1.54, 1.807) is 17.8 Å². The molecule has 1 aromatic carbocycles. The Kier molecular flexibility index (Phi) is 6.26. The molecule has 16 heavy (non-hydrogen) atoms. The number of halogens is 1. The summed E-state index contributed by atoms with van der Waals surface area (Å²) in [6.07, 6.45) is 3.68. The fourth-order valence-electron chi connectivity index (χ4n) is 1.37. The normalized spacial score (nSPS) is 10.4. The van der Waals surface area contributed by atoms with Crippen molar-refractivity contribution in [2.24, 2.45) is 5.73 Å². The zero-order chi connectivity index (χ0) is 11.8. The van der Waals surface area contributed by atoms with Gasteiger partial charge in [0.1, 0.15) is 0 Å². The molecule has 0 aliphatic carbocycles. The summed E-state index contributed by atoms with van der Waals surface area (Å²) in [5.41, 5.74) is 6.32. The maximum absolute atomic E-state index is 13.5. The van der Waals surface area contributed by atoms with E-state index in [4.69, 9.17) is 10.5 Å². The average molecular weight is 243 g/mol. The van der Waals surface area contributed by atoms with Crippen molar-refractivity contribution in [2.45, 2.75) is 12.8 Å². The van der Waals surface area contributed by atoms with Crippen LogP contribution in [0.15, 0.2) is 18.2 Å². The Labute approximate surface area is 100 Å². The minimum atomic E-state index is -0.296. The molecule has 0 heterocycles. The Morgan fingerprint density at radius 1 is 1.44 bits per heavy atom. The highest BCUT2D eigenvalue weighted by Gasteiger charge is 2.04. The zero-order valence-electron chi connectivity index (χ0n) is 9.54. The van der Waals surface area contributed by atoms with Crippen molar-refractivity contribution in [3.63, 3.8) is 0 Å². The lowest BCUT2D eigenvalue weighted by Crippen LogP contribution is -2.04. The maximum Gasteiger partial charge on any atom is 0.165 e. The van der Waals surface area contributed by atoms with Crippen LogP contribution in [0.4, 0.5) is 4.39 Å². The Morgan fingerprint density at radius 3 is 2.88 bits per heavy atom. The minimum Gasteiger partial charge on any atom is -0.490 e. The van der Waals surface area contributed by atoms with E-state index >= 15 is 0 Å². The number of hydrogen-bond acceptors (Lipinski definition) is 3. The third-order valence-corrected chi connectivity index (χ3v) is 2.88. The van der Waals surface area contributed by atoms with Crippen molar-refractivity contribution in [3.05, 3.63) is 29.6 Å².